The van der Waals surface area contributed by atoms with Crippen LogP contribution in [0.15, 0.2) is 60.9 Å². The lowest BCUT2D eigenvalue weighted by Crippen LogP contribution is -2.28. The Hall–Kier alpha value is -4.54. The highest BCUT2D eigenvalue weighted by Crippen LogP contribution is 2.32. The van der Waals surface area contributed by atoms with Crippen LogP contribution in [0.1, 0.15) is 58.7 Å². The number of nitrogens with one attached hydrogen (secondary N) is 1. The Bertz CT molecular complexity index is 1760. The predicted molar refractivity (Wildman–Crippen MR) is 168 cm³/mol. The quantitative estimate of drug-likeness (QED) is 0.202. The van der Waals surface area contributed by atoms with Crippen molar-refractivity contribution in [3.63, 3.8) is 0 Å². The Morgan fingerprint density at radius 2 is 1.93 bits per heavy atom. The number of amides is 1. The van der Waals surface area contributed by atoms with E-state index in [1.54, 1.807) is 22.7 Å². The highest BCUT2D eigenvalue weighted by atomic mass is 16.3. The van der Waals surface area contributed by atoms with Gasteiger partial charge < -0.3 is 25.0 Å². The maximum Gasteiger partial charge on any atom is 0.253 e. The Balaban J connectivity index is 1.54. The van der Waals surface area contributed by atoms with Crippen LogP contribution in [0.2, 0.25) is 0 Å². The summed E-state index contributed by atoms with van der Waals surface area (Å²) in [6, 6.07) is 15.9. The largest absolute Gasteiger partial charge is 0.396 e. The predicted octanol–water partition coefficient (Wildman–Crippen LogP) is 4.92. The van der Waals surface area contributed by atoms with Crippen LogP contribution in [-0.4, -0.2) is 65.4 Å². The lowest BCUT2D eigenvalue weighted by Gasteiger charge is -2.18. The van der Waals surface area contributed by atoms with E-state index in [0.717, 1.165) is 39.3 Å². The second-order valence-corrected chi connectivity index (χ2v) is 10.9. The molecule has 224 valence electrons. The zero-order valence-corrected chi connectivity index (χ0v) is 25.4. The van der Waals surface area contributed by atoms with Gasteiger partial charge >= 0.3 is 0 Å². The van der Waals surface area contributed by atoms with Gasteiger partial charge in [0, 0.05) is 68.9 Å². The zero-order chi connectivity index (χ0) is 30.7. The molecule has 3 aromatic heterocycles. The average Bonchev–Trinajstić information content (AvgIpc) is 3.60. The van der Waals surface area contributed by atoms with Gasteiger partial charge in [-0.1, -0.05) is 37.3 Å². The number of fused-ring (bicyclic) bond motifs is 1. The Labute approximate surface area is 251 Å². The number of imidazole rings is 1. The van der Waals surface area contributed by atoms with Gasteiger partial charge in [-0.05, 0) is 55.5 Å². The van der Waals surface area contributed by atoms with E-state index in [1.165, 1.54) is 0 Å². The summed E-state index contributed by atoms with van der Waals surface area (Å²) in [5, 5.41) is 28.4. The van der Waals surface area contributed by atoms with E-state index < -0.39 is 6.10 Å². The van der Waals surface area contributed by atoms with Gasteiger partial charge in [0.25, 0.3) is 5.91 Å². The van der Waals surface area contributed by atoms with Gasteiger partial charge in [0.15, 0.2) is 5.65 Å². The van der Waals surface area contributed by atoms with Crippen LogP contribution in [-0.2, 0) is 13.6 Å². The molecule has 3 heterocycles. The number of aliphatic hydroxyl groups is 2. The summed E-state index contributed by atoms with van der Waals surface area (Å²) in [6.45, 7) is 6.78. The number of anilines is 1. The maximum absolute atomic E-state index is 13.3. The molecule has 0 aliphatic heterocycles. The number of aryl methyl sites for hydroxylation is 3. The van der Waals surface area contributed by atoms with E-state index in [-0.39, 0.29) is 12.5 Å². The monoisotopic (exact) mass is 581 g/mol. The minimum absolute atomic E-state index is 0.0295. The SMILES string of the molecule is CCC(O)c1cc(NCc2cccc(-c3nccn3C)c2)n2nc(C)c(-c3ccc(C)c(C(=O)N(C)CCCO)c3)c2n1. The summed E-state index contributed by atoms with van der Waals surface area (Å²) in [4.78, 5) is 24.2. The molecule has 3 N–H and O–H groups in total. The number of nitrogens with zero attached hydrogens (tertiary/aromatic N) is 6. The van der Waals surface area contributed by atoms with Crippen molar-refractivity contribution < 1.29 is 15.0 Å². The molecule has 5 aromatic rings. The molecular formula is C33H39N7O3. The first-order valence-electron chi connectivity index (χ1n) is 14.6. The highest BCUT2D eigenvalue weighted by Gasteiger charge is 2.21. The third kappa shape index (κ3) is 6.16. The number of aromatic nitrogens is 5. The normalized spacial score (nSPS) is 12.1. The molecule has 10 nitrogen and oxygen atoms in total. The molecule has 1 atom stereocenters. The number of aliphatic hydroxyl groups excluding tert-OH is 2. The van der Waals surface area contributed by atoms with E-state index in [9.17, 15) is 15.0 Å². The van der Waals surface area contributed by atoms with Crippen molar-refractivity contribution in [3.8, 4) is 22.5 Å². The van der Waals surface area contributed by atoms with Crippen LogP contribution in [0.5, 0.6) is 0 Å². The highest BCUT2D eigenvalue weighted by molar-refractivity contribution is 5.97. The molecule has 0 aliphatic carbocycles. The molecule has 0 saturated carbocycles. The van der Waals surface area contributed by atoms with Crippen molar-refractivity contribution in [2.45, 2.75) is 46.3 Å². The number of hydrogen-bond donors (Lipinski definition) is 3. The molecular weight excluding hydrogens is 542 g/mol. The fraction of sp³-hybridized carbons (Fsp3) is 0.333. The van der Waals surface area contributed by atoms with Gasteiger partial charge in [0.1, 0.15) is 11.6 Å². The van der Waals surface area contributed by atoms with E-state index in [1.807, 2.05) is 75.0 Å². The standard InChI is InChI=1S/C33H39N7O3/c1-6-28(42)27-19-29(35-20-23-9-7-10-25(17-23)31-34-13-15-38(31)4)40-32(36-27)30(22(3)37-40)24-12-11-21(2)26(18-24)33(43)39(5)14-8-16-41/h7,9-13,15,17-19,28,35,41-42H,6,8,14,16,20H2,1-5H3. The maximum atomic E-state index is 13.3. The topological polar surface area (TPSA) is 121 Å². The summed E-state index contributed by atoms with van der Waals surface area (Å²) in [5.41, 5.74) is 7.08. The molecule has 43 heavy (non-hydrogen) atoms. The van der Waals surface area contributed by atoms with Gasteiger partial charge in [-0.15, -0.1) is 0 Å². The summed E-state index contributed by atoms with van der Waals surface area (Å²) in [7, 11) is 3.72. The molecule has 0 saturated heterocycles. The van der Waals surface area contributed by atoms with Crippen molar-refractivity contribution in [3.05, 3.63) is 89.0 Å². The lowest BCUT2D eigenvalue weighted by molar-refractivity contribution is 0.0785. The molecule has 0 aliphatic rings. The Kier molecular flexibility index (Phi) is 8.89. The first-order chi connectivity index (χ1) is 20.7. The van der Waals surface area contributed by atoms with Crippen LogP contribution in [0.4, 0.5) is 5.82 Å². The molecule has 0 fully saturated rings. The minimum atomic E-state index is -0.740. The van der Waals surface area contributed by atoms with Crippen LogP contribution in [0.3, 0.4) is 0 Å². The minimum Gasteiger partial charge on any atom is -0.396 e. The number of carbonyl (C=O) groups is 1. The second-order valence-electron chi connectivity index (χ2n) is 10.9. The fourth-order valence-corrected chi connectivity index (χ4v) is 5.27. The van der Waals surface area contributed by atoms with Gasteiger partial charge in [-0.3, -0.25) is 4.79 Å². The number of carbonyl (C=O) groups excluding carboxylic acids is 1. The average molecular weight is 582 g/mol. The summed E-state index contributed by atoms with van der Waals surface area (Å²) in [5.74, 6) is 1.49. The van der Waals surface area contributed by atoms with Gasteiger partial charge in [0.2, 0.25) is 0 Å². The van der Waals surface area contributed by atoms with Crippen LogP contribution in [0, 0.1) is 13.8 Å². The molecule has 1 amide bonds. The molecule has 2 aromatic carbocycles. The van der Waals surface area contributed by atoms with Crippen molar-refractivity contribution in [2.24, 2.45) is 7.05 Å². The van der Waals surface area contributed by atoms with Gasteiger partial charge in [-0.25, -0.2) is 9.97 Å². The molecule has 5 rings (SSSR count). The Morgan fingerprint density at radius 1 is 1.12 bits per heavy atom. The molecule has 1 unspecified atom stereocenters. The van der Waals surface area contributed by atoms with Crippen molar-refractivity contribution in [1.29, 1.82) is 0 Å². The van der Waals surface area contributed by atoms with Crippen molar-refractivity contribution in [1.82, 2.24) is 29.0 Å². The lowest BCUT2D eigenvalue weighted by atomic mass is 9.99. The molecule has 10 heteroatoms. The first-order valence-corrected chi connectivity index (χ1v) is 14.6. The number of rotatable bonds is 11. The van der Waals surface area contributed by atoms with Crippen molar-refractivity contribution in [2.75, 3.05) is 25.5 Å². The fourth-order valence-electron chi connectivity index (χ4n) is 5.27. The number of hydrogen-bond acceptors (Lipinski definition) is 7. The smallest absolute Gasteiger partial charge is 0.253 e. The molecule has 0 radical (unpaired) electrons. The first kappa shape index (κ1) is 29.9. The van der Waals surface area contributed by atoms with Crippen molar-refractivity contribution >= 4 is 17.4 Å². The molecule has 0 spiro atoms. The summed E-state index contributed by atoms with van der Waals surface area (Å²) in [6.07, 6.45) is 4.00. The Morgan fingerprint density at radius 3 is 2.65 bits per heavy atom. The third-order valence-corrected chi connectivity index (χ3v) is 7.75. The third-order valence-electron chi connectivity index (χ3n) is 7.75. The zero-order valence-electron chi connectivity index (χ0n) is 25.4. The van der Waals surface area contributed by atoms with Crippen LogP contribution in [0.25, 0.3) is 28.2 Å². The van der Waals surface area contributed by atoms with E-state index in [2.05, 4.69) is 22.4 Å². The van der Waals surface area contributed by atoms with Crippen LogP contribution >= 0.6 is 0 Å². The van der Waals surface area contributed by atoms with E-state index in [4.69, 9.17) is 10.1 Å². The second kappa shape index (κ2) is 12.8. The summed E-state index contributed by atoms with van der Waals surface area (Å²) < 4.78 is 3.76. The number of benzene rings is 2. The van der Waals surface area contributed by atoms with Gasteiger partial charge in [-0.2, -0.15) is 9.61 Å². The summed E-state index contributed by atoms with van der Waals surface area (Å²) >= 11 is 0. The van der Waals surface area contributed by atoms with E-state index >= 15 is 0 Å². The molecule has 0 bridgehead atoms. The van der Waals surface area contributed by atoms with E-state index in [0.29, 0.717) is 48.7 Å². The van der Waals surface area contributed by atoms with Crippen LogP contribution < -0.4 is 5.32 Å². The van der Waals surface area contributed by atoms with Gasteiger partial charge in [0.05, 0.1) is 17.5 Å².